The Morgan fingerprint density at radius 2 is 1.13 bits per heavy atom. The normalized spacial score (nSPS) is 12.0. The van der Waals surface area contributed by atoms with Gasteiger partial charge in [0, 0.05) is 32.9 Å². The second kappa shape index (κ2) is 11.0. The molecule has 4 heteroatoms. The van der Waals surface area contributed by atoms with Gasteiger partial charge in [-0.05, 0) is 71.8 Å². The topological polar surface area (TPSA) is 15.7 Å². The number of fused-ring (bicyclic) bond motifs is 5. The minimum absolute atomic E-state index is 0.814. The van der Waals surface area contributed by atoms with Crippen LogP contribution >= 0.6 is 11.3 Å². The number of nitrogens with zero attached hydrogens (tertiary/aromatic N) is 2. The van der Waals surface area contributed by atoms with Crippen LogP contribution in [-0.2, 0) is 0 Å². The molecule has 218 valence electrons. The Hall–Kier alpha value is -5.84. The zero-order chi connectivity index (χ0) is 30.5. The number of hydrogen-bond acceptors (Lipinski definition) is 4. The highest BCUT2D eigenvalue weighted by molar-refractivity contribution is 7.26. The highest BCUT2D eigenvalue weighted by atomic mass is 32.1. The molecular weight excluding hydrogens is 581 g/mol. The van der Waals surface area contributed by atoms with Crippen LogP contribution in [0.2, 0.25) is 0 Å². The van der Waals surface area contributed by atoms with E-state index in [0.717, 1.165) is 45.6 Å². The molecule has 0 saturated carbocycles. The van der Waals surface area contributed by atoms with Crippen molar-refractivity contribution in [3.05, 3.63) is 170 Å². The Morgan fingerprint density at radius 3 is 1.98 bits per heavy atom. The lowest BCUT2D eigenvalue weighted by molar-refractivity contribution is 0.477. The largest absolute Gasteiger partial charge is 0.453 e. The van der Waals surface area contributed by atoms with E-state index in [1.807, 2.05) is 23.5 Å². The molecule has 0 bridgehead atoms. The summed E-state index contributed by atoms with van der Waals surface area (Å²) >= 11 is 1.84. The van der Waals surface area contributed by atoms with E-state index >= 15 is 0 Å². The zero-order valence-electron chi connectivity index (χ0n) is 24.9. The number of anilines is 6. The smallest absolute Gasteiger partial charge is 0.153 e. The summed E-state index contributed by atoms with van der Waals surface area (Å²) in [6, 6.07) is 60.0. The quantitative estimate of drug-likeness (QED) is 0.193. The van der Waals surface area contributed by atoms with Crippen LogP contribution in [0.4, 0.5) is 34.1 Å². The average Bonchev–Trinajstić information content (AvgIpc) is 3.51. The molecule has 2 heterocycles. The highest BCUT2D eigenvalue weighted by Crippen LogP contribution is 2.53. The molecule has 0 N–H and O–H groups in total. The molecule has 7 aromatic carbocycles. The standard InChI is InChI=1S/C42H28N2OS/c1-3-12-29(13-4-1)30-22-24-32(25-23-30)43(38-19-11-17-35-34-16-7-10-21-41(34)46-42(35)38)33-26-27-37-40(28-33)45-39-20-9-8-18-36(39)44(37)31-14-5-2-6-15-31/h1-28H. The fourth-order valence-corrected chi connectivity index (χ4v) is 7.72. The van der Waals surface area contributed by atoms with Gasteiger partial charge in [-0.1, -0.05) is 103 Å². The molecule has 8 aromatic rings. The number of rotatable bonds is 5. The number of ether oxygens (including phenoxy) is 1. The van der Waals surface area contributed by atoms with Crippen LogP contribution in [0.5, 0.6) is 11.5 Å². The monoisotopic (exact) mass is 608 g/mol. The van der Waals surface area contributed by atoms with Crippen LogP contribution in [0.25, 0.3) is 31.3 Å². The van der Waals surface area contributed by atoms with E-state index in [0.29, 0.717) is 0 Å². The molecule has 1 aliphatic rings. The van der Waals surface area contributed by atoms with Crippen molar-refractivity contribution in [2.45, 2.75) is 0 Å². The predicted molar refractivity (Wildman–Crippen MR) is 194 cm³/mol. The maximum Gasteiger partial charge on any atom is 0.153 e. The Bertz CT molecular complexity index is 2350. The summed E-state index contributed by atoms with van der Waals surface area (Å²) in [6.07, 6.45) is 0. The van der Waals surface area contributed by atoms with Crippen molar-refractivity contribution in [2.75, 3.05) is 9.80 Å². The number of hydrogen-bond donors (Lipinski definition) is 0. The summed E-state index contributed by atoms with van der Waals surface area (Å²) in [5, 5.41) is 2.55. The molecule has 0 unspecified atom stereocenters. The van der Waals surface area contributed by atoms with E-state index in [1.165, 1.54) is 31.3 Å². The van der Waals surface area contributed by atoms with E-state index < -0.39 is 0 Å². The predicted octanol–water partition coefficient (Wildman–Crippen LogP) is 12.8. The van der Waals surface area contributed by atoms with Gasteiger partial charge in [0.1, 0.15) is 0 Å². The van der Waals surface area contributed by atoms with Gasteiger partial charge < -0.3 is 14.5 Å². The summed E-state index contributed by atoms with van der Waals surface area (Å²) in [7, 11) is 0. The minimum Gasteiger partial charge on any atom is -0.453 e. The molecule has 0 aliphatic carbocycles. The van der Waals surface area contributed by atoms with Crippen molar-refractivity contribution in [3.63, 3.8) is 0 Å². The van der Waals surface area contributed by atoms with Crippen LogP contribution in [0.1, 0.15) is 0 Å². The van der Waals surface area contributed by atoms with Crippen molar-refractivity contribution < 1.29 is 4.74 Å². The van der Waals surface area contributed by atoms with E-state index in [2.05, 4.69) is 168 Å². The van der Waals surface area contributed by atoms with Gasteiger partial charge in [0.25, 0.3) is 0 Å². The molecule has 1 aliphatic heterocycles. The van der Waals surface area contributed by atoms with Crippen molar-refractivity contribution in [1.29, 1.82) is 0 Å². The van der Waals surface area contributed by atoms with Gasteiger partial charge in [0.05, 0.1) is 27.4 Å². The summed E-state index contributed by atoms with van der Waals surface area (Å²) in [6.45, 7) is 0. The van der Waals surface area contributed by atoms with Crippen LogP contribution < -0.4 is 14.5 Å². The lowest BCUT2D eigenvalue weighted by atomic mass is 10.0. The van der Waals surface area contributed by atoms with Gasteiger partial charge in [-0.25, -0.2) is 0 Å². The first-order valence-electron chi connectivity index (χ1n) is 15.4. The van der Waals surface area contributed by atoms with E-state index in [1.54, 1.807) is 0 Å². The van der Waals surface area contributed by atoms with E-state index in [4.69, 9.17) is 4.74 Å². The molecule has 0 spiro atoms. The fraction of sp³-hybridized carbons (Fsp3) is 0. The number of thiophene rings is 1. The van der Waals surface area contributed by atoms with Crippen molar-refractivity contribution in [1.82, 2.24) is 0 Å². The molecular formula is C42H28N2OS. The molecule has 0 amide bonds. The minimum atomic E-state index is 0.814. The molecule has 9 rings (SSSR count). The maximum atomic E-state index is 6.64. The van der Waals surface area contributed by atoms with Crippen LogP contribution in [0, 0.1) is 0 Å². The van der Waals surface area contributed by atoms with Gasteiger partial charge in [-0.3, -0.25) is 0 Å². The SMILES string of the molecule is c1ccc(-c2ccc(N(c3ccc4c(c3)Oc3ccccc3N4c3ccccc3)c3cccc4c3sc3ccccc34)cc2)cc1. The highest BCUT2D eigenvalue weighted by Gasteiger charge is 2.27. The third-order valence-corrected chi connectivity index (χ3v) is 9.85. The molecule has 46 heavy (non-hydrogen) atoms. The summed E-state index contributed by atoms with van der Waals surface area (Å²) in [4.78, 5) is 4.65. The Balaban J connectivity index is 1.23. The Kier molecular flexibility index (Phi) is 6.32. The first-order valence-corrected chi connectivity index (χ1v) is 16.3. The molecule has 0 radical (unpaired) electrons. The van der Waals surface area contributed by atoms with Gasteiger partial charge in [0.15, 0.2) is 11.5 Å². The van der Waals surface area contributed by atoms with Crippen LogP contribution in [0.15, 0.2) is 170 Å². The molecule has 3 nitrogen and oxygen atoms in total. The molecule has 0 fully saturated rings. The fourth-order valence-electron chi connectivity index (χ4n) is 6.51. The van der Waals surface area contributed by atoms with Crippen molar-refractivity contribution >= 4 is 65.6 Å². The van der Waals surface area contributed by atoms with Gasteiger partial charge in [0.2, 0.25) is 0 Å². The van der Waals surface area contributed by atoms with Crippen molar-refractivity contribution in [3.8, 4) is 22.6 Å². The third kappa shape index (κ3) is 4.42. The zero-order valence-corrected chi connectivity index (χ0v) is 25.7. The summed E-state index contributed by atoms with van der Waals surface area (Å²) < 4.78 is 9.18. The Morgan fingerprint density at radius 1 is 0.478 bits per heavy atom. The van der Waals surface area contributed by atoms with E-state index in [-0.39, 0.29) is 0 Å². The van der Waals surface area contributed by atoms with Gasteiger partial charge in [-0.2, -0.15) is 0 Å². The first-order chi connectivity index (χ1) is 22.8. The summed E-state index contributed by atoms with van der Waals surface area (Å²) in [5.41, 5.74) is 8.77. The van der Waals surface area contributed by atoms with Crippen LogP contribution in [0.3, 0.4) is 0 Å². The molecule has 0 atom stereocenters. The second-order valence-corrected chi connectivity index (χ2v) is 12.4. The molecule has 0 saturated heterocycles. The van der Waals surface area contributed by atoms with Gasteiger partial charge in [-0.15, -0.1) is 11.3 Å². The second-order valence-electron chi connectivity index (χ2n) is 11.4. The van der Waals surface area contributed by atoms with E-state index in [9.17, 15) is 0 Å². The molecule has 1 aromatic heterocycles. The average molecular weight is 609 g/mol. The summed E-state index contributed by atoms with van der Waals surface area (Å²) in [5.74, 6) is 1.65. The maximum absolute atomic E-state index is 6.64. The number of benzene rings is 7. The Labute approximate surface area is 271 Å². The third-order valence-electron chi connectivity index (χ3n) is 8.64. The lowest BCUT2D eigenvalue weighted by Gasteiger charge is -2.34. The van der Waals surface area contributed by atoms with Crippen LogP contribution in [-0.4, -0.2) is 0 Å². The first kappa shape index (κ1) is 26.6. The van der Waals surface area contributed by atoms with Crippen molar-refractivity contribution in [2.24, 2.45) is 0 Å². The lowest BCUT2D eigenvalue weighted by Crippen LogP contribution is -2.16. The van der Waals surface area contributed by atoms with Gasteiger partial charge >= 0.3 is 0 Å². The number of para-hydroxylation sites is 3.